The largest absolute Gasteiger partial charge is 0.437 e. The van der Waals surface area contributed by atoms with Crippen LogP contribution in [0.25, 0.3) is 11.1 Å². The molecule has 1 heterocycles. The van der Waals surface area contributed by atoms with Gasteiger partial charge >= 0.3 is 6.09 Å². The molecule has 1 amide bonds. The van der Waals surface area contributed by atoms with Gasteiger partial charge in [0.25, 0.3) is 0 Å². The summed E-state index contributed by atoms with van der Waals surface area (Å²) in [6.45, 7) is 0. The molecule has 0 aliphatic carbocycles. The van der Waals surface area contributed by atoms with Gasteiger partial charge in [0.1, 0.15) is 0 Å². The number of pyridine rings is 1. The van der Waals surface area contributed by atoms with Crippen molar-refractivity contribution in [2.24, 2.45) is 5.16 Å². The summed E-state index contributed by atoms with van der Waals surface area (Å²) in [7, 11) is 0. The number of benzene rings is 2. The summed E-state index contributed by atoms with van der Waals surface area (Å²) in [5, 5.41) is 6.24. The van der Waals surface area contributed by atoms with E-state index in [2.05, 4.69) is 15.5 Å². The summed E-state index contributed by atoms with van der Waals surface area (Å²) in [5.41, 5.74) is 3.57. The molecule has 0 fully saturated rings. The average molecular weight is 317 g/mol. The van der Waals surface area contributed by atoms with Crippen molar-refractivity contribution in [1.82, 2.24) is 4.98 Å². The number of nitrogens with one attached hydrogen (secondary N) is 1. The first-order valence-electron chi connectivity index (χ1n) is 7.38. The van der Waals surface area contributed by atoms with Crippen LogP contribution in [0.15, 0.2) is 84.3 Å². The Morgan fingerprint density at radius 2 is 1.71 bits per heavy atom. The smallest absolute Gasteiger partial charge is 0.298 e. The fourth-order valence-corrected chi connectivity index (χ4v) is 2.10. The van der Waals surface area contributed by atoms with Crippen molar-refractivity contribution < 1.29 is 9.63 Å². The quantitative estimate of drug-likeness (QED) is 0.442. The number of nitrogens with zero attached hydrogens (tertiary/aromatic N) is 2. The van der Waals surface area contributed by atoms with Crippen LogP contribution in [-0.4, -0.2) is 17.3 Å². The van der Waals surface area contributed by atoms with E-state index < -0.39 is 6.09 Å². The van der Waals surface area contributed by atoms with E-state index in [9.17, 15) is 4.79 Å². The SMILES string of the molecule is O=C(Nc1ccc(-c2ccccc2)cc1)ON=Cc1cccnc1. The van der Waals surface area contributed by atoms with Gasteiger partial charge in [-0.25, -0.2) is 4.79 Å². The Morgan fingerprint density at radius 1 is 0.958 bits per heavy atom. The fourth-order valence-electron chi connectivity index (χ4n) is 2.10. The van der Waals surface area contributed by atoms with E-state index in [-0.39, 0.29) is 0 Å². The number of oxime groups is 1. The highest BCUT2D eigenvalue weighted by Gasteiger charge is 2.03. The number of hydrogen-bond donors (Lipinski definition) is 1. The van der Waals surface area contributed by atoms with E-state index in [0.717, 1.165) is 16.7 Å². The molecule has 0 saturated carbocycles. The molecule has 0 unspecified atom stereocenters. The predicted octanol–water partition coefficient (Wildman–Crippen LogP) is 4.33. The molecule has 118 valence electrons. The number of amides is 1. The predicted molar refractivity (Wildman–Crippen MR) is 93.8 cm³/mol. The lowest BCUT2D eigenvalue weighted by Gasteiger charge is -2.05. The first-order chi connectivity index (χ1) is 11.8. The van der Waals surface area contributed by atoms with Gasteiger partial charge in [-0.3, -0.25) is 15.1 Å². The van der Waals surface area contributed by atoms with Gasteiger partial charge in [-0.2, -0.15) is 0 Å². The Kier molecular flexibility index (Phi) is 4.94. The van der Waals surface area contributed by atoms with E-state index >= 15 is 0 Å². The summed E-state index contributed by atoms with van der Waals surface area (Å²) in [5.74, 6) is 0. The van der Waals surface area contributed by atoms with E-state index in [1.54, 1.807) is 24.5 Å². The molecule has 3 rings (SSSR count). The third-order valence-corrected chi connectivity index (χ3v) is 3.26. The van der Waals surface area contributed by atoms with Crippen LogP contribution in [0.3, 0.4) is 0 Å². The Bertz CT molecular complexity index is 816. The highest BCUT2D eigenvalue weighted by Crippen LogP contribution is 2.20. The van der Waals surface area contributed by atoms with E-state index in [1.165, 1.54) is 6.21 Å². The standard InChI is InChI=1S/C19H15N3O2/c23-19(24-21-14-15-5-4-12-20-13-15)22-18-10-8-17(9-11-18)16-6-2-1-3-7-16/h1-14H,(H,22,23). The molecule has 0 aliphatic heterocycles. The minimum atomic E-state index is -0.650. The fraction of sp³-hybridized carbons (Fsp3) is 0. The molecular formula is C19H15N3O2. The zero-order valence-corrected chi connectivity index (χ0v) is 12.8. The van der Waals surface area contributed by atoms with E-state index in [0.29, 0.717) is 5.69 Å². The minimum Gasteiger partial charge on any atom is -0.298 e. The number of anilines is 1. The summed E-state index contributed by atoms with van der Waals surface area (Å²) in [6.07, 6.45) is 4.05. The van der Waals surface area contributed by atoms with Crippen molar-refractivity contribution in [3.8, 4) is 11.1 Å². The molecule has 24 heavy (non-hydrogen) atoms. The normalized spacial score (nSPS) is 10.5. The maximum Gasteiger partial charge on any atom is 0.437 e. The topological polar surface area (TPSA) is 63.6 Å². The molecule has 0 spiro atoms. The highest BCUT2D eigenvalue weighted by molar-refractivity contribution is 5.86. The molecular weight excluding hydrogens is 302 g/mol. The van der Waals surface area contributed by atoms with Crippen molar-refractivity contribution in [2.45, 2.75) is 0 Å². The maximum absolute atomic E-state index is 11.7. The average Bonchev–Trinajstić information content (AvgIpc) is 2.64. The zero-order valence-electron chi connectivity index (χ0n) is 12.8. The first-order valence-corrected chi connectivity index (χ1v) is 7.38. The Labute approximate surface area is 139 Å². The third-order valence-electron chi connectivity index (χ3n) is 3.26. The zero-order chi connectivity index (χ0) is 16.6. The monoisotopic (exact) mass is 317 g/mol. The van der Waals surface area contributed by atoms with Crippen LogP contribution < -0.4 is 5.32 Å². The van der Waals surface area contributed by atoms with Crippen LogP contribution in [0.5, 0.6) is 0 Å². The highest BCUT2D eigenvalue weighted by atomic mass is 16.7. The molecule has 0 atom stereocenters. The summed E-state index contributed by atoms with van der Waals surface area (Å²) >= 11 is 0. The molecule has 0 aliphatic rings. The third kappa shape index (κ3) is 4.27. The van der Waals surface area contributed by atoms with Crippen LogP contribution in [0, 0.1) is 0 Å². The summed E-state index contributed by atoms with van der Waals surface area (Å²) in [6, 6.07) is 21.1. The van der Waals surface area contributed by atoms with Gasteiger partial charge in [0.05, 0.1) is 6.21 Å². The van der Waals surface area contributed by atoms with Gasteiger partial charge in [-0.1, -0.05) is 53.7 Å². The van der Waals surface area contributed by atoms with Crippen molar-refractivity contribution >= 4 is 18.0 Å². The van der Waals surface area contributed by atoms with E-state index in [4.69, 9.17) is 4.84 Å². The van der Waals surface area contributed by atoms with Crippen LogP contribution in [0.2, 0.25) is 0 Å². The van der Waals surface area contributed by atoms with Gasteiger partial charge < -0.3 is 0 Å². The molecule has 5 nitrogen and oxygen atoms in total. The molecule has 5 heteroatoms. The second kappa shape index (κ2) is 7.69. The molecule has 0 bridgehead atoms. The minimum absolute atomic E-state index is 0.635. The Hall–Kier alpha value is -3.47. The van der Waals surface area contributed by atoms with Gasteiger partial charge in [-0.15, -0.1) is 0 Å². The Balaban J connectivity index is 1.56. The number of carbonyl (C=O) groups excluding carboxylic acids is 1. The molecule has 2 aromatic carbocycles. The second-order valence-electron chi connectivity index (χ2n) is 4.97. The first kappa shape index (κ1) is 15.4. The second-order valence-corrected chi connectivity index (χ2v) is 4.97. The van der Waals surface area contributed by atoms with Crippen LogP contribution in [-0.2, 0) is 4.84 Å². The summed E-state index contributed by atoms with van der Waals surface area (Å²) in [4.78, 5) is 20.4. The lowest BCUT2D eigenvalue weighted by molar-refractivity contribution is 0.167. The van der Waals surface area contributed by atoms with E-state index in [1.807, 2.05) is 54.6 Å². The van der Waals surface area contributed by atoms with Crippen molar-refractivity contribution in [3.63, 3.8) is 0 Å². The van der Waals surface area contributed by atoms with Crippen molar-refractivity contribution in [3.05, 3.63) is 84.7 Å². The summed E-state index contributed by atoms with van der Waals surface area (Å²) < 4.78 is 0. The lowest BCUT2D eigenvalue weighted by atomic mass is 10.1. The number of aromatic nitrogens is 1. The van der Waals surface area contributed by atoms with Crippen LogP contribution in [0.1, 0.15) is 5.56 Å². The number of rotatable bonds is 4. The lowest BCUT2D eigenvalue weighted by Crippen LogP contribution is -2.10. The molecule has 1 N–H and O–H groups in total. The maximum atomic E-state index is 11.7. The number of hydrogen-bond acceptors (Lipinski definition) is 4. The molecule has 0 saturated heterocycles. The van der Waals surface area contributed by atoms with Gasteiger partial charge in [0.15, 0.2) is 0 Å². The molecule has 0 radical (unpaired) electrons. The molecule has 3 aromatic rings. The van der Waals surface area contributed by atoms with Crippen molar-refractivity contribution in [1.29, 1.82) is 0 Å². The molecule has 1 aromatic heterocycles. The van der Waals surface area contributed by atoms with Crippen LogP contribution in [0.4, 0.5) is 10.5 Å². The van der Waals surface area contributed by atoms with Crippen LogP contribution >= 0.6 is 0 Å². The van der Waals surface area contributed by atoms with Gasteiger partial charge in [0.2, 0.25) is 0 Å². The number of carbonyl (C=O) groups is 1. The van der Waals surface area contributed by atoms with Crippen molar-refractivity contribution in [2.75, 3.05) is 5.32 Å². The van der Waals surface area contributed by atoms with Gasteiger partial charge in [0, 0.05) is 23.6 Å². The Morgan fingerprint density at radius 3 is 2.42 bits per heavy atom. The van der Waals surface area contributed by atoms with Gasteiger partial charge in [-0.05, 0) is 29.3 Å².